The number of hydrogen-bond donors (Lipinski definition) is 2. The van der Waals surface area contributed by atoms with Crippen molar-refractivity contribution in [2.24, 2.45) is 0 Å². The van der Waals surface area contributed by atoms with E-state index in [4.69, 9.17) is 9.52 Å². The summed E-state index contributed by atoms with van der Waals surface area (Å²) in [6.07, 6.45) is 1.71. The number of phenols is 2. The van der Waals surface area contributed by atoms with Crippen molar-refractivity contribution in [1.82, 2.24) is 0 Å². The molecule has 0 spiro atoms. The second-order valence-corrected chi connectivity index (χ2v) is 6.51. The summed E-state index contributed by atoms with van der Waals surface area (Å²) in [5, 5.41) is 19.8. The molecule has 0 aliphatic heterocycles. The van der Waals surface area contributed by atoms with E-state index in [2.05, 4.69) is 6.07 Å². The summed E-state index contributed by atoms with van der Waals surface area (Å²) < 4.78 is 5.54. The highest BCUT2D eigenvalue weighted by Crippen LogP contribution is 2.36. The van der Waals surface area contributed by atoms with Crippen molar-refractivity contribution in [2.45, 2.75) is 20.8 Å². The molecule has 0 amide bonds. The van der Waals surface area contributed by atoms with Crippen molar-refractivity contribution in [2.75, 3.05) is 0 Å². The van der Waals surface area contributed by atoms with Gasteiger partial charge in [0, 0.05) is 16.5 Å². The summed E-state index contributed by atoms with van der Waals surface area (Å²) in [4.78, 5) is 0. The minimum absolute atomic E-state index is 0.282. The van der Waals surface area contributed by atoms with Crippen LogP contribution in [0.25, 0.3) is 22.1 Å². The van der Waals surface area contributed by atoms with Gasteiger partial charge in [-0.05, 0) is 57.2 Å². The van der Waals surface area contributed by atoms with Gasteiger partial charge in [0.25, 0.3) is 0 Å². The van der Waals surface area contributed by atoms with Crippen LogP contribution >= 0.6 is 0 Å². The zero-order valence-corrected chi connectivity index (χ0v) is 15.2. The van der Waals surface area contributed by atoms with Gasteiger partial charge >= 0.3 is 0 Å². The molecule has 26 heavy (non-hydrogen) atoms. The maximum atomic E-state index is 9.99. The Morgan fingerprint density at radius 3 is 1.96 bits per heavy atom. The highest BCUT2D eigenvalue weighted by molar-refractivity contribution is 5.95. The molecule has 1 aromatic heterocycles. The molecule has 0 unspecified atom stereocenters. The predicted molar refractivity (Wildman–Crippen MR) is 106 cm³/mol. The standard InChI is InChI=1S/C16H14O2.C7H8O/c1-10-3-5-15(17)12(7-10)14-9-18-16-6-4-11(2)8-13(14)16;1-6-2-4-7(8)5-3-6/h3-9,17H,1-2H3;2-5,8H,1H3. The maximum absolute atomic E-state index is 9.99. The Hall–Kier alpha value is -3.20. The normalized spacial score (nSPS) is 10.4. The molecule has 3 aromatic carbocycles. The van der Waals surface area contributed by atoms with Gasteiger partial charge in [-0.25, -0.2) is 0 Å². The molecule has 0 aliphatic rings. The first-order valence-electron chi connectivity index (χ1n) is 8.47. The van der Waals surface area contributed by atoms with Crippen LogP contribution in [0.15, 0.2) is 71.3 Å². The minimum Gasteiger partial charge on any atom is -0.508 e. The molecule has 0 saturated carbocycles. The van der Waals surface area contributed by atoms with Gasteiger partial charge in [-0.1, -0.05) is 41.0 Å². The summed E-state index contributed by atoms with van der Waals surface area (Å²) in [5.74, 6) is 0.611. The minimum atomic E-state index is 0.282. The quantitative estimate of drug-likeness (QED) is 0.436. The third-order valence-corrected chi connectivity index (χ3v) is 4.21. The number of aromatic hydroxyl groups is 2. The van der Waals surface area contributed by atoms with Gasteiger partial charge in [-0.3, -0.25) is 0 Å². The first-order valence-corrected chi connectivity index (χ1v) is 8.47. The molecule has 3 nitrogen and oxygen atoms in total. The fraction of sp³-hybridized carbons (Fsp3) is 0.130. The lowest BCUT2D eigenvalue weighted by Crippen LogP contribution is -1.80. The average molecular weight is 346 g/mol. The number of aryl methyl sites for hydroxylation is 3. The topological polar surface area (TPSA) is 53.6 Å². The Kier molecular flexibility index (Phi) is 4.99. The van der Waals surface area contributed by atoms with Gasteiger partial charge in [-0.15, -0.1) is 0 Å². The summed E-state index contributed by atoms with van der Waals surface area (Å²) in [6, 6.07) is 18.7. The van der Waals surface area contributed by atoms with E-state index >= 15 is 0 Å². The summed E-state index contributed by atoms with van der Waals surface area (Å²) in [6.45, 7) is 6.04. The number of benzene rings is 3. The third-order valence-electron chi connectivity index (χ3n) is 4.21. The van der Waals surface area contributed by atoms with Gasteiger partial charge < -0.3 is 14.6 Å². The molecule has 4 rings (SSSR count). The SMILES string of the molecule is Cc1ccc(O)c(-c2coc3ccc(C)cc23)c1.Cc1ccc(O)cc1. The monoisotopic (exact) mass is 346 g/mol. The van der Waals surface area contributed by atoms with E-state index < -0.39 is 0 Å². The zero-order chi connectivity index (χ0) is 18.7. The highest BCUT2D eigenvalue weighted by Gasteiger charge is 2.11. The van der Waals surface area contributed by atoms with Crippen molar-refractivity contribution in [3.05, 3.63) is 83.6 Å². The second kappa shape index (κ2) is 7.36. The maximum Gasteiger partial charge on any atom is 0.134 e. The molecule has 0 radical (unpaired) electrons. The van der Waals surface area contributed by atoms with Crippen molar-refractivity contribution in [1.29, 1.82) is 0 Å². The van der Waals surface area contributed by atoms with Crippen LogP contribution < -0.4 is 0 Å². The molecular weight excluding hydrogens is 324 g/mol. The van der Waals surface area contributed by atoms with Crippen molar-refractivity contribution < 1.29 is 14.6 Å². The molecule has 2 N–H and O–H groups in total. The summed E-state index contributed by atoms with van der Waals surface area (Å²) in [7, 11) is 0. The first kappa shape index (κ1) is 17.6. The van der Waals surface area contributed by atoms with Crippen LogP contribution in [-0.4, -0.2) is 10.2 Å². The Bertz CT molecular complexity index is 1010. The van der Waals surface area contributed by atoms with Crippen molar-refractivity contribution in [3.8, 4) is 22.6 Å². The van der Waals surface area contributed by atoms with Crippen LogP contribution in [0.5, 0.6) is 11.5 Å². The van der Waals surface area contributed by atoms with Gasteiger partial charge in [-0.2, -0.15) is 0 Å². The Morgan fingerprint density at radius 2 is 1.27 bits per heavy atom. The predicted octanol–water partition coefficient (Wildman–Crippen LogP) is 6.12. The smallest absolute Gasteiger partial charge is 0.134 e. The Balaban J connectivity index is 0.000000206. The molecule has 1 heterocycles. The average Bonchev–Trinajstić information content (AvgIpc) is 3.03. The lowest BCUT2D eigenvalue weighted by Gasteiger charge is -2.04. The highest BCUT2D eigenvalue weighted by atomic mass is 16.3. The number of fused-ring (bicyclic) bond motifs is 1. The van der Waals surface area contributed by atoms with Crippen LogP contribution in [0.2, 0.25) is 0 Å². The van der Waals surface area contributed by atoms with Crippen LogP contribution in [0.3, 0.4) is 0 Å². The molecule has 0 bridgehead atoms. The van der Waals surface area contributed by atoms with Crippen molar-refractivity contribution >= 4 is 11.0 Å². The number of phenolic OH excluding ortho intramolecular Hbond substituents is 2. The summed E-state index contributed by atoms with van der Waals surface area (Å²) in [5.41, 5.74) is 6.07. The summed E-state index contributed by atoms with van der Waals surface area (Å²) >= 11 is 0. The van der Waals surface area contributed by atoms with E-state index in [-0.39, 0.29) is 5.75 Å². The number of furan rings is 1. The largest absolute Gasteiger partial charge is 0.508 e. The van der Waals surface area contributed by atoms with E-state index in [1.165, 1.54) is 11.1 Å². The molecule has 0 fully saturated rings. The van der Waals surface area contributed by atoms with E-state index in [9.17, 15) is 5.11 Å². The Morgan fingerprint density at radius 1 is 0.654 bits per heavy atom. The lowest BCUT2D eigenvalue weighted by molar-refractivity contribution is 0.475. The van der Waals surface area contributed by atoms with Gasteiger partial charge in [0.15, 0.2) is 0 Å². The van der Waals surface area contributed by atoms with Crippen LogP contribution in [0, 0.1) is 20.8 Å². The molecule has 0 saturated heterocycles. The molecule has 3 heteroatoms. The number of rotatable bonds is 1. The zero-order valence-electron chi connectivity index (χ0n) is 15.2. The molecule has 0 aliphatic carbocycles. The third kappa shape index (κ3) is 3.89. The van der Waals surface area contributed by atoms with Crippen LogP contribution in [0.1, 0.15) is 16.7 Å². The van der Waals surface area contributed by atoms with E-state index in [1.807, 2.05) is 57.2 Å². The molecule has 4 aromatic rings. The Labute approximate surface area is 153 Å². The number of hydrogen-bond acceptors (Lipinski definition) is 3. The second-order valence-electron chi connectivity index (χ2n) is 6.51. The van der Waals surface area contributed by atoms with Crippen molar-refractivity contribution in [3.63, 3.8) is 0 Å². The molecular formula is C23H22O3. The van der Waals surface area contributed by atoms with E-state index in [0.717, 1.165) is 27.7 Å². The lowest BCUT2D eigenvalue weighted by atomic mass is 10.0. The van der Waals surface area contributed by atoms with Gasteiger partial charge in [0.05, 0.1) is 6.26 Å². The van der Waals surface area contributed by atoms with E-state index in [1.54, 1.807) is 24.5 Å². The van der Waals surface area contributed by atoms with Gasteiger partial charge in [0.2, 0.25) is 0 Å². The van der Waals surface area contributed by atoms with Crippen LogP contribution in [0.4, 0.5) is 0 Å². The molecule has 132 valence electrons. The fourth-order valence-electron chi connectivity index (χ4n) is 2.76. The molecule has 0 atom stereocenters. The fourth-order valence-corrected chi connectivity index (χ4v) is 2.76. The van der Waals surface area contributed by atoms with Gasteiger partial charge in [0.1, 0.15) is 17.1 Å². The first-order chi connectivity index (χ1) is 12.4. The van der Waals surface area contributed by atoms with E-state index in [0.29, 0.717) is 5.75 Å². The van der Waals surface area contributed by atoms with Crippen LogP contribution in [-0.2, 0) is 0 Å².